The molecule has 0 atom stereocenters. The second kappa shape index (κ2) is 5.08. The van der Waals surface area contributed by atoms with Crippen LogP contribution in [0.3, 0.4) is 0 Å². The molecule has 94 valence electrons. The van der Waals surface area contributed by atoms with Crippen molar-refractivity contribution in [3.63, 3.8) is 0 Å². The van der Waals surface area contributed by atoms with Crippen LogP contribution >= 0.6 is 0 Å². The van der Waals surface area contributed by atoms with E-state index >= 15 is 0 Å². The van der Waals surface area contributed by atoms with Crippen LogP contribution in [0.15, 0.2) is 18.2 Å². The van der Waals surface area contributed by atoms with E-state index in [1.807, 2.05) is 0 Å². The van der Waals surface area contributed by atoms with Gasteiger partial charge in [-0.2, -0.15) is 0 Å². The van der Waals surface area contributed by atoms with E-state index in [9.17, 15) is 4.79 Å². The normalized spacial score (nSPS) is 11.2. The molecule has 0 aliphatic rings. The molecule has 1 amide bonds. The second-order valence-corrected chi connectivity index (χ2v) is 5.04. The average Bonchev–Trinajstić information content (AvgIpc) is 2.27. The number of rotatable bonds is 5. The molecule has 4 nitrogen and oxygen atoms in total. The van der Waals surface area contributed by atoms with Gasteiger partial charge < -0.3 is 16.8 Å². The molecular formula is C13H21N3O. The van der Waals surface area contributed by atoms with Gasteiger partial charge in [0, 0.05) is 12.1 Å². The lowest BCUT2D eigenvalue weighted by Gasteiger charge is -2.24. The zero-order valence-electron chi connectivity index (χ0n) is 10.7. The van der Waals surface area contributed by atoms with Crippen LogP contribution in [-0.4, -0.2) is 12.5 Å². The number of nitrogen functional groups attached to an aromatic ring is 1. The van der Waals surface area contributed by atoms with E-state index in [0.717, 1.165) is 18.7 Å². The molecule has 1 rings (SSSR count). The second-order valence-electron chi connectivity index (χ2n) is 5.04. The molecule has 0 heterocycles. The maximum absolute atomic E-state index is 11.1. The standard InChI is InChI=1S/C13H21N3O/c1-4-13(2,3)8-16-11-7-9(12(15)17)5-6-10(11)14/h5-7,16H,4,8,14H2,1-3H3,(H2,15,17). The summed E-state index contributed by atoms with van der Waals surface area (Å²) in [6.07, 6.45) is 1.06. The number of carbonyl (C=O) groups excluding carboxylic acids is 1. The van der Waals surface area contributed by atoms with Crippen molar-refractivity contribution in [3.8, 4) is 0 Å². The Morgan fingerprint density at radius 1 is 1.41 bits per heavy atom. The molecule has 0 saturated carbocycles. The Bertz CT molecular complexity index is 413. The molecule has 0 fully saturated rings. The van der Waals surface area contributed by atoms with Crippen LogP contribution in [0.4, 0.5) is 11.4 Å². The van der Waals surface area contributed by atoms with E-state index in [2.05, 4.69) is 26.1 Å². The Balaban J connectivity index is 2.83. The number of nitrogens with two attached hydrogens (primary N) is 2. The molecule has 0 aliphatic carbocycles. The van der Waals surface area contributed by atoms with Gasteiger partial charge >= 0.3 is 0 Å². The quantitative estimate of drug-likeness (QED) is 0.684. The number of amides is 1. The van der Waals surface area contributed by atoms with Crippen molar-refractivity contribution in [2.75, 3.05) is 17.6 Å². The van der Waals surface area contributed by atoms with Crippen molar-refractivity contribution in [1.82, 2.24) is 0 Å². The van der Waals surface area contributed by atoms with Crippen molar-refractivity contribution in [2.45, 2.75) is 27.2 Å². The SMILES string of the molecule is CCC(C)(C)CNc1cc(C(N)=O)ccc1N. The average molecular weight is 235 g/mol. The summed E-state index contributed by atoms with van der Waals surface area (Å²) >= 11 is 0. The smallest absolute Gasteiger partial charge is 0.248 e. The highest BCUT2D eigenvalue weighted by Crippen LogP contribution is 2.24. The molecule has 0 unspecified atom stereocenters. The zero-order chi connectivity index (χ0) is 13.1. The summed E-state index contributed by atoms with van der Waals surface area (Å²) in [5, 5.41) is 3.27. The minimum absolute atomic E-state index is 0.190. The van der Waals surface area contributed by atoms with Gasteiger partial charge in [-0.1, -0.05) is 20.8 Å². The van der Waals surface area contributed by atoms with Crippen LogP contribution in [-0.2, 0) is 0 Å². The Hall–Kier alpha value is -1.71. The van der Waals surface area contributed by atoms with Crippen molar-refractivity contribution < 1.29 is 4.79 Å². The fourth-order valence-corrected chi connectivity index (χ4v) is 1.32. The minimum Gasteiger partial charge on any atom is -0.397 e. The van der Waals surface area contributed by atoms with Gasteiger partial charge in [-0.3, -0.25) is 4.79 Å². The number of benzene rings is 1. The molecule has 1 aromatic carbocycles. The van der Waals surface area contributed by atoms with E-state index in [0.29, 0.717) is 11.3 Å². The maximum Gasteiger partial charge on any atom is 0.248 e. The summed E-state index contributed by atoms with van der Waals surface area (Å²) in [4.78, 5) is 11.1. The van der Waals surface area contributed by atoms with Gasteiger partial charge in [-0.05, 0) is 30.0 Å². The third kappa shape index (κ3) is 3.66. The summed E-state index contributed by atoms with van der Waals surface area (Å²) in [5.41, 5.74) is 13.1. The summed E-state index contributed by atoms with van der Waals surface area (Å²) in [7, 11) is 0. The molecule has 0 spiro atoms. The van der Waals surface area contributed by atoms with Crippen LogP contribution < -0.4 is 16.8 Å². The Labute approximate surface area is 102 Å². The van der Waals surface area contributed by atoms with Gasteiger partial charge in [0.15, 0.2) is 0 Å². The molecular weight excluding hydrogens is 214 g/mol. The fourth-order valence-electron chi connectivity index (χ4n) is 1.32. The monoisotopic (exact) mass is 235 g/mol. The Morgan fingerprint density at radius 3 is 2.59 bits per heavy atom. The summed E-state index contributed by atoms with van der Waals surface area (Å²) in [6.45, 7) is 7.29. The van der Waals surface area contributed by atoms with Crippen molar-refractivity contribution in [3.05, 3.63) is 23.8 Å². The first kappa shape index (κ1) is 13.4. The van der Waals surface area contributed by atoms with E-state index < -0.39 is 5.91 Å². The van der Waals surface area contributed by atoms with Crippen LogP contribution in [0, 0.1) is 5.41 Å². The van der Waals surface area contributed by atoms with Crippen molar-refractivity contribution in [2.24, 2.45) is 11.1 Å². The number of anilines is 2. The molecule has 17 heavy (non-hydrogen) atoms. The van der Waals surface area contributed by atoms with E-state index in [1.54, 1.807) is 18.2 Å². The lowest BCUT2D eigenvalue weighted by molar-refractivity contribution is 0.100. The molecule has 0 aliphatic heterocycles. The Morgan fingerprint density at radius 2 is 2.06 bits per heavy atom. The minimum atomic E-state index is -0.442. The van der Waals surface area contributed by atoms with Gasteiger partial charge in [0.25, 0.3) is 0 Å². The topological polar surface area (TPSA) is 81.1 Å². The summed E-state index contributed by atoms with van der Waals surface area (Å²) in [6, 6.07) is 5.03. The number of nitrogens with one attached hydrogen (secondary N) is 1. The lowest BCUT2D eigenvalue weighted by Crippen LogP contribution is -2.22. The van der Waals surface area contributed by atoms with Gasteiger partial charge in [-0.15, -0.1) is 0 Å². The highest BCUT2D eigenvalue weighted by atomic mass is 16.1. The number of carbonyl (C=O) groups is 1. The zero-order valence-corrected chi connectivity index (χ0v) is 10.7. The highest BCUT2D eigenvalue weighted by Gasteiger charge is 2.15. The molecule has 1 aromatic rings. The van der Waals surface area contributed by atoms with E-state index in [1.165, 1.54) is 0 Å². The fraction of sp³-hybridized carbons (Fsp3) is 0.462. The first-order chi connectivity index (χ1) is 7.85. The van der Waals surface area contributed by atoms with Gasteiger partial charge in [-0.25, -0.2) is 0 Å². The van der Waals surface area contributed by atoms with Crippen LogP contribution in [0.25, 0.3) is 0 Å². The van der Waals surface area contributed by atoms with Gasteiger partial charge in [0.2, 0.25) is 5.91 Å². The van der Waals surface area contributed by atoms with Crippen LogP contribution in [0.5, 0.6) is 0 Å². The van der Waals surface area contributed by atoms with Crippen LogP contribution in [0.1, 0.15) is 37.6 Å². The molecule has 4 heteroatoms. The van der Waals surface area contributed by atoms with Crippen molar-refractivity contribution in [1.29, 1.82) is 0 Å². The maximum atomic E-state index is 11.1. The molecule has 0 saturated heterocycles. The third-order valence-electron chi connectivity index (χ3n) is 3.05. The predicted molar refractivity (Wildman–Crippen MR) is 71.9 cm³/mol. The molecule has 0 bridgehead atoms. The summed E-state index contributed by atoms with van der Waals surface area (Å²) < 4.78 is 0. The largest absolute Gasteiger partial charge is 0.397 e. The third-order valence-corrected chi connectivity index (χ3v) is 3.05. The number of hydrogen-bond acceptors (Lipinski definition) is 3. The first-order valence-corrected chi connectivity index (χ1v) is 5.79. The van der Waals surface area contributed by atoms with Crippen LogP contribution in [0.2, 0.25) is 0 Å². The van der Waals surface area contributed by atoms with E-state index in [-0.39, 0.29) is 5.41 Å². The van der Waals surface area contributed by atoms with Crippen molar-refractivity contribution >= 4 is 17.3 Å². The van der Waals surface area contributed by atoms with Gasteiger partial charge in [0.05, 0.1) is 11.4 Å². The number of primary amides is 1. The first-order valence-electron chi connectivity index (χ1n) is 5.79. The number of hydrogen-bond donors (Lipinski definition) is 3. The molecule has 5 N–H and O–H groups in total. The summed E-state index contributed by atoms with van der Waals surface area (Å²) in [5.74, 6) is -0.442. The Kier molecular flexibility index (Phi) is 3.99. The van der Waals surface area contributed by atoms with Gasteiger partial charge in [0.1, 0.15) is 0 Å². The molecule has 0 radical (unpaired) electrons. The molecule has 0 aromatic heterocycles. The van der Waals surface area contributed by atoms with E-state index in [4.69, 9.17) is 11.5 Å². The lowest BCUT2D eigenvalue weighted by atomic mass is 9.90. The highest BCUT2D eigenvalue weighted by molar-refractivity contribution is 5.94. The predicted octanol–water partition coefficient (Wildman–Crippen LogP) is 2.22.